The highest BCUT2D eigenvalue weighted by atomic mass is 17.2. The molecule has 0 amide bonds. The second kappa shape index (κ2) is 9.32. The summed E-state index contributed by atoms with van der Waals surface area (Å²) < 4.78 is 5.65. The van der Waals surface area contributed by atoms with Gasteiger partial charge in [-0.2, -0.15) is 0 Å². The Morgan fingerprint density at radius 2 is 1.88 bits per heavy atom. The Morgan fingerprint density at radius 1 is 1.12 bits per heavy atom. The summed E-state index contributed by atoms with van der Waals surface area (Å²) in [5, 5.41) is 3.67. The van der Waals surface area contributed by atoms with Crippen LogP contribution in [0.5, 0.6) is 17.4 Å². The van der Waals surface area contributed by atoms with Crippen LogP contribution < -0.4 is 14.5 Å². The van der Waals surface area contributed by atoms with Gasteiger partial charge < -0.3 is 9.57 Å². The van der Waals surface area contributed by atoms with Gasteiger partial charge >= 0.3 is 0 Å². The highest BCUT2D eigenvalue weighted by Crippen LogP contribution is 2.29. The minimum Gasteiger partial charge on any atom is -0.490 e. The van der Waals surface area contributed by atoms with Gasteiger partial charge in [-0.1, -0.05) is 17.3 Å². The van der Waals surface area contributed by atoms with E-state index in [1.807, 2.05) is 45.1 Å². The minimum atomic E-state index is 0.349. The molecular weight excluding hydrogens is 320 g/mol. The molecule has 0 fully saturated rings. The Bertz CT molecular complexity index is 717. The van der Waals surface area contributed by atoms with Crippen molar-refractivity contribution in [1.29, 1.82) is 0 Å². The summed E-state index contributed by atoms with van der Waals surface area (Å²) in [5.41, 5.74) is 2.63. The number of hydrogen-bond acceptors (Lipinski definition) is 6. The van der Waals surface area contributed by atoms with Crippen LogP contribution in [0.3, 0.4) is 0 Å². The fourth-order valence-corrected chi connectivity index (χ4v) is 2.08. The van der Waals surface area contributed by atoms with Gasteiger partial charge in [-0.15, -0.1) is 0 Å². The molecule has 1 heterocycles. The monoisotopic (exact) mass is 342 g/mol. The van der Waals surface area contributed by atoms with E-state index in [1.165, 1.54) is 7.11 Å². The number of nitrogens with zero attached hydrogens (tertiary/aromatic N) is 2. The molecule has 0 N–H and O–H groups in total. The van der Waals surface area contributed by atoms with Crippen LogP contribution in [0, 0.1) is 13.8 Å². The third-order valence-electron chi connectivity index (χ3n) is 3.29. The highest BCUT2D eigenvalue weighted by Gasteiger charge is 2.10. The van der Waals surface area contributed by atoms with Gasteiger partial charge in [-0.25, -0.2) is 4.98 Å². The van der Waals surface area contributed by atoms with Crippen molar-refractivity contribution in [2.24, 2.45) is 5.16 Å². The van der Waals surface area contributed by atoms with Crippen LogP contribution >= 0.6 is 0 Å². The maximum atomic E-state index is 5.65. The van der Waals surface area contributed by atoms with Gasteiger partial charge in [0.2, 0.25) is 0 Å². The van der Waals surface area contributed by atoms with E-state index in [2.05, 4.69) is 15.0 Å². The molecule has 0 aliphatic rings. The number of hydrogen-bond donors (Lipinski definition) is 0. The van der Waals surface area contributed by atoms with Crippen LogP contribution in [0.2, 0.25) is 0 Å². The van der Waals surface area contributed by atoms with Gasteiger partial charge in [-0.05, 0) is 39.0 Å². The van der Waals surface area contributed by atoms with Gasteiger partial charge in [0.25, 0.3) is 5.88 Å². The zero-order valence-corrected chi connectivity index (χ0v) is 14.9. The maximum Gasteiger partial charge on any atom is 0.269 e. The fraction of sp³-hybridized carbons (Fsp3) is 0.263. The van der Waals surface area contributed by atoms with E-state index in [-0.39, 0.29) is 0 Å². The topological polar surface area (TPSA) is 62.2 Å². The molecule has 1 aromatic heterocycles. The van der Waals surface area contributed by atoms with Crippen molar-refractivity contribution in [2.75, 3.05) is 13.7 Å². The van der Waals surface area contributed by atoms with E-state index in [0.717, 1.165) is 22.4 Å². The van der Waals surface area contributed by atoms with E-state index < -0.39 is 0 Å². The Hall–Kier alpha value is -3.02. The lowest BCUT2D eigenvalue weighted by Crippen LogP contribution is -2.05. The Labute approximate surface area is 147 Å². The van der Waals surface area contributed by atoms with Crippen molar-refractivity contribution in [3.05, 3.63) is 59.3 Å². The maximum absolute atomic E-state index is 5.65. The summed E-state index contributed by atoms with van der Waals surface area (Å²) in [6.07, 6.45) is 7.06. The molecule has 25 heavy (non-hydrogen) atoms. The van der Waals surface area contributed by atoms with Crippen LogP contribution in [0.4, 0.5) is 0 Å². The summed E-state index contributed by atoms with van der Waals surface area (Å²) in [6.45, 7) is 6.37. The molecule has 0 atom stereocenters. The van der Waals surface area contributed by atoms with Crippen molar-refractivity contribution >= 4 is 6.21 Å². The molecule has 132 valence electrons. The van der Waals surface area contributed by atoms with E-state index in [0.29, 0.717) is 18.2 Å². The van der Waals surface area contributed by atoms with Crippen molar-refractivity contribution in [1.82, 2.24) is 4.98 Å². The lowest BCUT2D eigenvalue weighted by Gasteiger charge is -2.12. The van der Waals surface area contributed by atoms with Crippen LogP contribution in [0.15, 0.2) is 47.8 Å². The Kier molecular flexibility index (Phi) is 6.83. The van der Waals surface area contributed by atoms with Gasteiger partial charge in [0.1, 0.15) is 19.5 Å². The van der Waals surface area contributed by atoms with Crippen molar-refractivity contribution in [3.8, 4) is 17.4 Å². The molecule has 2 rings (SSSR count). The second-order valence-corrected chi connectivity index (χ2v) is 5.28. The zero-order chi connectivity index (χ0) is 18.1. The van der Waals surface area contributed by atoms with Gasteiger partial charge in [-0.3, -0.25) is 9.78 Å². The molecular formula is C19H22N2O4. The van der Waals surface area contributed by atoms with Gasteiger partial charge in [0.05, 0.1) is 6.21 Å². The first-order valence-electron chi connectivity index (χ1n) is 7.86. The Morgan fingerprint density at radius 3 is 2.48 bits per heavy atom. The van der Waals surface area contributed by atoms with Crippen LogP contribution in [-0.2, 0) is 4.84 Å². The first kappa shape index (κ1) is 18.3. The molecule has 0 spiro atoms. The summed E-state index contributed by atoms with van der Waals surface area (Å²) in [5.74, 6) is 1.78. The van der Waals surface area contributed by atoms with Crippen LogP contribution in [0.1, 0.15) is 23.6 Å². The lowest BCUT2D eigenvalue weighted by atomic mass is 10.1. The van der Waals surface area contributed by atoms with E-state index >= 15 is 0 Å². The molecule has 0 aliphatic carbocycles. The third kappa shape index (κ3) is 5.53. The summed E-state index contributed by atoms with van der Waals surface area (Å²) in [7, 11) is 1.48. The molecule has 0 unspecified atom stereocenters. The zero-order valence-electron chi connectivity index (χ0n) is 14.9. The normalized spacial score (nSPS) is 11.0. The predicted molar refractivity (Wildman–Crippen MR) is 96.3 cm³/mol. The molecule has 0 aliphatic heterocycles. The van der Waals surface area contributed by atoms with E-state index in [9.17, 15) is 0 Å². The number of ether oxygens (including phenoxy) is 1. The van der Waals surface area contributed by atoms with Crippen LogP contribution in [0.25, 0.3) is 0 Å². The van der Waals surface area contributed by atoms with E-state index in [4.69, 9.17) is 14.5 Å². The SMILES string of the molecule is C/C=C/COc1cc(C)c(OOc2ccc(C=NOC)cn2)c(C)c1. The standard InChI is InChI=1S/C19H22N2O4/c1-5-6-9-23-17-10-14(2)19(15(3)11-17)25-24-18-8-7-16(12-20-18)13-21-22-4/h5-8,10-13H,9H2,1-4H3/b6-5+,21-13?. The molecule has 6 nitrogen and oxygen atoms in total. The number of benzene rings is 1. The van der Waals surface area contributed by atoms with Crippen molar-refractivity contribution in [3.63, 3.8) is 0 Å². The van der Waals surface area contributed by atoms with E-state index in [1.54, 1.807) is 24.5 Å². The largest absolute Gasteiger partial charge is 0.490 e. The summed E-state index contributed by atoms with van der Waals surface area (Å²) >= 11 is 0. The lowest BCUT2D eigenvalue weighted by molar-refractivity contribution is -0.105. The first-order chi connectivity index (χ1) is 12.1. The predicted octanol–water partition coefficient (Wildman–Crippen LogP) is 4.01. The summed E-state index contributed by atoms with van der Waals surface area (Å²) in [6, 6.07) is 7.31. The fourth-order valence-electron chi connectivity index (χ4n) is 2.08. The molecule has 0 bridgehead atoms. The quantitative estimate of drug-likeness (QED) is 0.314. The van der Waals surface area contributed by atoms with Gasteiger partial charge in [0, 0.05) is 29.0 Å². The highest BCUT2D eigenvalue weighted by molar-refractivity contribution is 5.78. The molecule has 2 aromatic rings. The number of rotatable bonds is 8. The molecule has 6 heteroatoms. The molecule has 0 saturated heterocycles. The molecule has 0 saturated carbocycles. The van der Waals surface area contributed by atoms with Crippen molar-refractivity contribution in [2.45, 2.75) is 20.8 Å². The van der Waals surface area contributed by atoms with Crippen LogP contribution in [-0.4, -0.2) is 24.9 Å². The first-order valence-corrected chi connectivity index (χ1v) is 7.86. The number of pyridine rings is 1. The number of allylic oxidation sites excluding steroid dienone is 1. The number of oxime groups is 1. The summed E-state index contributed by atoms with van der Waals surface area (Å²) in [4.78, 5) is 19.5. The molecule has 1 aromatic carbocycles. The number of aromatic nitrogens is 1. The second-order valence-electron chi connectivity index (χ2n) is 5.28. The van der Waals surface area contributed by atoms with Crippen molar-refractivity contribution < 1.29 is 19.3 Å². The van der Waals surface area contributed by atoms with Gasteiger partial charge in [0.15, 0.2) is 5.75 Å². The third-order valence-corrected chi connectivity index (χ3v) is 3.29. The average Bonchev–Trinajstić information content (AvgIpc) is 2.60. The number of aryl methyl sites for hydroxylation is 2. The minimum absolute atomic E-state index is 0.349. The Balaban J connectivity index is 2.01. The molecule has 0 radical (unpaired) electrons. The smallest absolute Gasteiger partial charge is 0.269 e. The average molecular weight is 342 g/mol.